The molecule has 124 valence electrons. The molecule has 1 amide bonds. The number of anilines is 1. The average molecular weight is 323 g/mol. The van der Waals surface area contributed by atoms with E-state index in [0.717, 1.165) is 12.8 Å². The highest BCUT2D eigenvalue weighted by molar-refractivity contribution is 5.85. The molecule has 1 fully saturated rings. The number of guanidine groups is 1. The van der Waals surface area contributed by atoms with Crippen molar-refractivity contribution in [3.05, 3.63) is 34.4 Å². The summed E-state index contributed by atoms with van der Waals surface area (Å²) in [6, 6.07) is 6.24. The lowest BCUT2D eigenvalue weighted by atomic mass is 10.2. The molecule has 1 saturated heterocycles. The van der Waals surface area contributed by atoms with E-state index in [-0.39, 0.29) is 18.7 Å². The maximum atomic E-state index is 11.6. The van der Waals surface area contributed by atoms with Gasteiger partial charge in [0.25, 0.3) is 5.96 Å². The Bertz CT molecular complexity index is 583. The number of amides is 1. The molecule has 1 aliphatic heterocycles. The lowest BCUT2D eigenvalue weighted by Crippen LogP contribution is -2.35. The fourth-order valence-corrected chi connectivity index (χ4v) is 1.98. The summed E-state index contributed by atoms with van der Waals surface area (Å²) in [4.78, 5) is 25.6. The van der Waals surface area contributed by atoms with Crippen molar-refractivity contribution in [1.29, 1.82) is 0 Å². The average Bonchev–Trinajstić information content (AvgIpc) is 3.00. The van der Waals surface area contributed by atoms with E-state index >= 15 is 0 Å². The van der Waals surface area contributed by atoms with Crippen molar-refractivity contribution >= 4 is 23.4 Å². The minimum absolute atomic E-state index is 0.0328. The Balaban J connectivity index is 1.81. The third-order valence-corrected chi connectivity index (χ3v) is 2.99. The van der Waals surface area contributed by atoms with Gasteiger partial charge in [0.05, 0.1) is 11.8 Å². The Hall–Kier alpha value is -2.88. The molecular weight excluding hydrogens is 306 g/mol. The van der Waals surface area contributed by atoms with Gasteiger partial charge in [-0.2, -0.15) is 0 Å². The predicted octanol–water partition coefficient (Wildman–Crippen LogP) is 1.14. The van der Waals surface area contributed by atoms with Crippen molar-refractivity contribution in [2.45, 2.75) is 18.9 Å². The molecule has 0 aromatic heterocycles. The number of rotatable bonds is 5. The van der Waals surface area contributed by atoms with Crippen LogP contribution in [-0.4, -0.2) is 36.4 Å². The van der Waals surface area contributed by atoms with Crippen molar-refractivity contribution in [2.24, 2.45) is 10.7 Å². The van der Waals surface area contributed by atoms with Crippen LogP contribution in [0.25, 0.3) is 0 Å². The maximum absolute atomic E-state index is 11.6. The van der Waals surface area contributed by atoms with Crippen LogP contribution in [0.4, 0.5) is 16.2 Å². The van der Waals surface area contributed by atoms with Gasteiger partial charge in [-0.25, -0.2) is 19.9 Å². The fourth-order valence-electron chi connectivity index (χ4n) is 1.98. The normalized spacial score (nSPS) is 17.6. The van der Waals surface area contributed by atoms with Gasteiger partial charge in [0.15, 0.2) is 5.03 Å². The number of carbonyl (C=O) groups excluding carboxylic acids is 1. The summed E-state index contributed by atoms with van der Waals surface area (Å²) in [6.45, 7) is 0.920. The number of hydrogen-bond acceptors (Lipinski definition) is 6. The number of hydrazine groups is 1. The van der Waals surface area contributed by atoms with E-state index in [9.17, 15) is 14.9 Å². The number of nitrogens with zero attached hydrogens (tertiary/aromatic N) is 2. The molecule has 0 unspecified atom stereocenters. The zero-order chi connectivity index (χ0) is 16.7. The smallest absolute Gasteiger partial charge is 0.411 e. The minimum Gasteiger partial charge on any atom is -0.447 e. The zero-order valence-corrected chi connectivity index (χ0v) is 12.2. The Morgan fingerprint density at radius 1 is 1.48 bits per heavy atom. The number of ether oxygens (including phenoxy) is 2. The van der Waals surface area contributed by atoms with Crippen molar-refractivity contribution in [3.63, 3.8) is 0 Å². The highest BCUT2D eigenvalue weighted by Gasteiger charge is 2.17. The lowest BCUT2D eigenvalue weighted by molar-refractivity contribution is -0.525. The van der Waals surface area contributed by atoms with Gasteiger partial charge in [0, 0.05) is 12.3 Å². The van der Waals surface area contributed by atoms with Crippen molar-refractivity contribution in [3.8, 4) is 0 Å². The van der Waals surface area contributed by atoms with E-state index < -0.39 is 11.1 Å². The summed E-state index contributed by atoms with van der Waals surface area (Å²) >= 11 is 0. The van der Waals surface area contributed by atoms with E-state index in [1.54, 1.807) is 29.7 Å². The minimum atomic E-state index is -0.807. The maximum Gasteiger partial charge on any atom is 0.411 e. The van der Waals surface area contributed by atoms with Gasteiger partial charge in [-0.15, -0.1) is 0 Å². The van der Waals surface area contributed by atoms with Gasteiger partial charge < -0.3 is 15.2 Å². The lowest BCUT2D eigenvalue weighted by Gasteiger charge is -2.11. The molecule has 1 heterocycles. The third-order valence-electron chi connectivity index (χ3n) is 2.99. The van der Waals surface area contributed by atoms with Gasteiger partial charge in [-0.3, -0.25) is 5.32 Å². The Morgan fingerprint density at radius 3 is 2.83 bits per heavy atom. The van der Waals surface area contributed by atoms with Crippen LogP contribution in [0.5, 0.6) is 0 Å². The van der Waals surface area contributed by atoms with Crippen LogP contribution in [0.3, 0.4) is 0 Å². The molecule has 4 N–H and O–H groups in total. The number of nitro groups is 1. The van der Waals surface area contributed by atoms with Crippen molar-refractivity contribution < 1.29 is 19.3 Å². The first-order chi connectivity index (χ1) is 11.0. The highest BCUT2D eigenvalue weighted by atomic mass is 16.7. The van der Waals surface area contributed by atoms with E-state index in [0.29, 0.717) is 18.0 Å². The molecular formula is C13H17N5O5. The second-order valence-corrected chi connectivity index (χ2v) is 4.77. The number of hydrogen-bond donors (Lipinski definition) is 3. The molecule has 1 atom stereocenters. The Labute approximate surface area is 131 Å². The van der Waals surface area contributed by atoms with Crippen LogP contribution in [0.2, 0.25) is 0 Å². The molecule has 2 rings (SSSR count). The summed E-state index contributed by atoms with van der Waals surface area (Å²) in [7, 11) is 0. The standard InChI is InChI=1S/C13H17N5O5/c14-12(17-18(20)21)15-9-3-5-10(6-4-9)16-13(19)23-8-11-2-1-7-22-11/h3-6,11H,1-2,7-8H2,(H,16,19)(H3,14,15,17)/t11-/m1/s1. The van der Waals surface area contributed by atoms with Crippen molar-refractivity contribution in [1.82, 2.24) is 5.43 Å². The predicted molar refractivity (Wildman–Crippen MR) is 81.8 cm³/mol. The van der Waals surface area contributed by atoms with Crippen LogP contribution in [0.15, 0.2) is 29.3 Å². The molecule has 0 bridgehead atoms. The molecule has 10 heteroatoms. The number of nitrogens with one attached hydrogen (secondary N) is 2. The van der Waals surface area contributed by atoms with Gasteiger partial charge >= 0.3 is 6.09 Å². The second-order valence-electron chi connectivity index (χ2n) is 4.77. The summed E-state index contributed by atoms with van der Waals surface area (Å²) < 4.78 is 10.4. The molecule has 0 saturated carbocycles. The van der Waals surface area contributed by atoms with Crippen LogP contribution >= 0.6 is 0 Å². The Kier molecular flexibility index (Phi) is 5.69. The summed E-state index contributed by atoms with van der Waals surface area (Å²) in [6.07, 6.45) is 1.26. The number of carbonyl (C=O) groups is 1. The monoisotopic (exact) mass is 323 g/mol. The van der Waals surface area contributed by atoms with E-state index in [4.69, 9.17) is 15.2 Å². The van der Waals surface area contributed by atoms with Gasteiger partial charge in [-0.1, -0.05) is 5.43 Å². The molecule has 10 nitrogen and oxygen atoms in total. The van der Waals surface area contributed by atoms with E-state index in [1.165, 1.54) is 0 Å². The van der Waals surface area contributed by atoms with Crippen LogP contribution in [0, 0.1) is 10.1 Å². The Morgan fingerprint density at radius 2 is 2.22 bits per heavy atom. The van der Waals surface area contributed by atoms with Crippen molar-refractivity contribution in [2.75, 3.05) is 18.5 Å². The molecule has 1 aromatic rings. The van der Waals surface area contributed by atoms with Crippen LogP contribution in [0.1, 0.15) is 12.8 Å². The fraction of sp³-hybridized carbons (Fsp3) is 0.385. The summed E-state index contributed by atoms with van der Waals surface area (Å²) in [5.41, 5.74) is 7.95. The third kappa shape index (κ3) is 5.79. The number of benzene rings is 1. The quantitative estimate of drug-likeness (QED) is 0.319. The van der Waals surface area contributed by atoms with Gasteiger partial charge in [0.1, 0.15) is 6.61 Å². The first-order valence-electron chi connectivity index (χ1n) is 6.93. The van der Waals surface area contributed by atoms with Crippen LogP contribution < -0.4 is 16.5 Å². The largest absolute Gasteiger partial charge is 0.447 e. The first-order valence-corrected chi connectivity index (χ1v) is 6.93. The molecule has 23 heavy (non-hydrogen) atoms. The number of aliphatic imine (C=N–C) groups is 1. The second kappa shape index (κ2) is 7.94. The molecule has 1 aromatic carbocycles. The first kappa shape index (κ1) is 16.5. The molecule has 0 aliphatic carbocycles. The molecule has 0 spiro atoms. The highest BCUT2D eigenvalue weighted by Crippen LogP contribution is 2.17. The van der Waals surface area contributed by atoms with Gasteiger partial charge in [-0.05, 0) is 37.1 Å². The topological polar surface area (TPSA) is 141 Å². The van der Waals surface area contributed by atoms with E-state index in [1.807, 2.05) is 0 Å². The zero-order valence-electron chi connectivity index (χ0n) is 12.2. The van der Waals surface area contributed by atoms with E-state index in [2.05, 4.69) is 10.3 Å². The number of nitrogens with two attached hydrogens (primary N) is 1. The SMILES string of the molecule is NC(=Nc1ccc(NC(=O)OC[C@H]2CCCO2)cc1)N[N+](=O)[O-]. The molecule has 0 radical (unpaired) electrons. The molecule has 1 aliphatic rings. The summed E-state index contributed by atoms with van der Waals surface area (Å²) in [5, 5.41) is 11.9. The van der Waals surface area contributed by atoms with Gasteiger partial charge in [0.2, 0.25) is 0 Å². The summed E-state index contributed by atoms with van der Waals surface area (Å²) in [5.74, 6) is -0.341. The van der Waals surface area contributed by atoms with Crippen LogP contribution in [-0.2, 0) is 9.47 Å².